The molecule has 4 aromatic rings. The predicted molar refractivity (Wildman–Crippen MR) is 184 cm³/mol. The van der Waals surface area contributed by atoms with Gasteiger partial charge in [-0.15, -0.1) is 22.0 Å². The molecule has 6 rings (SSSR count). The van der Waals surface area contributed by atoms with E-state index in [1.165, 1.54) is 49.1 Å². The number of phenols is 1. The number of aromatic hydroxyl groups is 1. The van der Waals surface area contributed by atoms with Gasteiger partial charge in [0.1, 0.15) is 34.5 Å². The highest BCUT2D eigenvalue weighted by Gasteiger charge is 2.54. The van der Waals surface area contributed by atoms with E-state index in [0.717, 1.165) is 27.8 Å². The Bertz CT molecular complexity index is 2130. The minimum absolute atomic E-state index is 0.0320. The van der Waals surface area contributed by atoms with Crippen molar-refractivity contribution < 1.29 is 38.6 Å². The maximum Gasteiger partial charge on any atom is 0.352 e. The van der Waals surface area contributed by atoms with Crippen LogP contribution in [0.3, 0.4) is 0 Å². The molecule has 51 heavy (non-hydrogen) atoms. The summed E-state index contributed by atoms with van der Waals surface area (Å²) in [6, 6.07) is 13.2. The van der Waals surface area contributed by atoms with E-state index in [0.29, 0.717) is 11.3 Å². The number of H-pyrrole nitrogens is 1. The van der Waals surface area contributed by atoms with Crippen LogP contribution in [0, 0.1) is 6.92 Å². The number of nitrogens with one attached hydrogen (secondary N) is 4. The molecule has 1 saturated heterocycles. The van der Waals surface area contributed by atoms with E-state index in [4.69, 9.17) is 4.42 Å². The molecule has 0 saturated carbocycles. The number of benzene rings is 2. The Morgan fingerprint density at radius 1 is 1.04 bits per heavy atom. The summed E-state index contributed by atoms with van der Waals surface area (Å²) in [7, 11) is 1.40. The topological polar surface area (TPSA) is 237 Å². The van der Waals surface area contributed by atoms with Gasteiger partial charge in [0.25, 0.3) is 22.6 Å². The van der Waals surface area contributed by atoms with Crippen molar-refractivity contribution in [2.24, 2.45) is 0 Å². The number of aryl methyl sites for hydroxylation is 1. The molecule has 6 N–H and O–H groups in total. The molecule has 4 heterocycles. The zero-order chi connectivity index (χ0) is 36.4. The summed E-state index contributed by atoms with van der Waals surface area (Å²) >= 11 is 2.23. The summed E-state index contributed by atoms with van der Waals surface area (Å²) < 4.78 is 5.28. The number of phenolic OH excluding ortho intramolecular Hbond substituents is 1. The molecule has 16 nitrogen and oxygen atoms in total. The van der Waals surface area contributed by atoms with Crippen molar-refractivity contribution in [2.45, 2.75) is 29.6 Å². The Hall–Kier alpha value is -5.88. The number of fused-ring (bicyclic) bond motifs is 1. The summed E-state index contributed by atoms with van der Waals surface area (Å²) in [4.78, 5) is 81.3. The number of β-lactam (4-membered cyclic amide) rings is 1. The smallest absolute Gasteiger partial charge is 0.352 e. The third kappa shape index (κ3) is 7.22. The Balaban J connectivity index is 1.18. The van der Waals surface area contributed by atoms with Crippen LogP contribution in [0.5, 0.6) is 5.75 Å². The number of nitrogens with zero attached hydrogens (tertiary/aromatic N) is 3. The third-order valence-corrected chi connectivity index (χ3v) is 10.3. The number of carbonyl (C=O) groups excluding carboxylic acids is 4. The second-order valence-corrected chi connectivity index (χ2v) is 13.4. The molecule has 0 bridgehead atoms. The largest absolute Gasteiger partial charge is 0.508 e. The SMILES string of the molecule is CNC(=O)c1nnc(SCC2=C(C(=O)O)N3C(=O)C(NC(=O)C(NC(=O)c4ccc(-c5ccc(C)cc5)[nH]c4=O)c4ccc(O)cc4)[C@@H]3SC2)o1. The molecule has 18 heteroatoms. The first-order valence-corrected chi connectivity index (χ1v) is 17.3. The van der Waals surface area contributed by atoms with Crippen LogP contribution in [0.1, 0.15) is 38.2 Å². The molecule has 2 aromatic carbocycles. The highest BCUT2D eigenvalue weighted by Crippen LogP contribution is 2.41. The van der Waals surface area contributed by atoms with Crippen LogP contribution in [0.15, 0.2) is 86.4 Å². The number of hydrogen-bond acceptors (Lipinski definition) is 12. The van der Waals surface area contributed by atoms with Crippen molar-refractivity contribution in [3.8, 4) is 17.0 Å². The summed E-state index contributed by atoms with van der Waals surface area (Å²) in [5, 5.41) is 34.1. The van der Waals surface area contributed by atoms with Crippen LogP contribution in [0.2, 0.25) is 0 Å². The van der Waals surface area contributed by atoms with Gasteiger partial charge in [0, 0.05) is 24.2 Å². The number of aromatic amines is 1. The number of carboxylic acids is 1. The zero-order valence-corrected chi connectivity index (χ0v) is 28.5. The zero-order valence-electron chi connectivity index (χ0n) is 26.8. The van der Waals surface area contributed by atoms with Gasteiger partial charge in [0.2, 0.25) is 5.91 Å². The third-order valence-electron chi connectivity index (χ3n) is 8.03. The number of carboxylic acid groups (broad SMARTS) is 1. The van der Waals surface area contributed by atoms with Crippen LogP contribution in [0.25, 0.3) is 11.3 Å². The number of thioether (sulfide) groups is 2. The first kappa shape index (κ1) is 35.0. The number of aromatic nitrogens is 3. The summed E-state index contributed by atoms with van der Waals surface area (Å²) in [6.07, 6.45) is 0. The van der Waals surface area contributed by atoms with E-state index in [1.807, 2.05) is 31.2 Å². The fraction of sp³-hybridized carbons (Fsp3) is 0.212. The molecule has 0 aliphatic carbocycles. The number of hydrogen-bond donors (Lipinski definition) is 6. The standard InChI is InChI=1S/C33H29N7O9S2/c1-15-3-5-16(6-4-15)21-12-11-20(25(42)35-21)26(43)36-22(17-7-9-19(41)10-8-17)27(44)37-23-30(46)40-24(32(47)48)18(13-50-31(23)40)14-51-33-39-38-29(49-33)28(45)34-2/h3-12,22-23,31,41H,13-14H2,1-2H3,(H,34,45)(H,35,42)(H,36,43)(H,37,44)(H,47,48)/t22?,23?,31-/m0/s1. The molecule has 4 amide bonds. The highest BCUT2D eigenvalue weighted by atomic mass is 32.2. The molecule has 0 spiro atoms. The second kappa shape index (κ2) is 14.5. The number of carbonyl (C=O) groups is 5. The van der Waals surface area contributed by atoms with E-state index in [1.54, 1.807) is 6.07 Å². The van der Waals surface area contributed by atoms with E-state index in [9.17, 15) is 39.0 Å². The van der Waals surface area contributed by atoms with E-state index in [2.05, 4.69) is 31.1 Å². The van der Waals surface area contributed by atoms with Crippen molar-refractivity contribution in [3.05, 3.63) is 105 Å². The minimum atomic E-state index is -1.40. The Kier molecular flexibility index (Phi) is 9.97. The van der Waals surface area contributed by atoms with Crippen molar-refractivity contribution in [3.63, 3.8) is 0 Å². The lowest BCUT2D eigenvalue weighted by Gasteiger charge is -2.49. The molecule has 2 aliphatic heterocycles. The fourth-order valence-corrected chi connectivity index (χ4v) is 7.62. The molecule has 2 aromatic heterocycles. The Labute approximate surface area is 297 Å². The van der Waals surface area contributed by atoms with Gasteiger partial charge in [0.15, 0.2) is 0 Å². The van der Waals surface area contributed by atoms with Crippen LogP contribution in [-0.2, 0) is 14.4 Å². The molecule has 3 atom stereocenters. The predicted octanol–water partition coefficient (Wildman–Crippen LogP) is 1.80. The molecule has 2 unspecified atom stereocenters. The van der Waals surface area contributed by atoms with Gasteiger partial charge in [-0.1, -0.05) is 53.7 Å². The second-order valence-electron chi connectivity index (χ2n) is 11.4. The van der Waals surface area contributed by atoms with Gasteiger partial charge < -0.3 is 35.6 Å². The van der Waals surface area contributed by atoms with Gasteiger partial charge in [-0.05, 0) is 47.9 Å². The summed E-state index contributed by atoms with van der Waals surface area (Å²) in [5.41, 5.74) is 1.70. The molecule has 262 valence electrons. The number of rotatable bonds is 11. The van der Waals surface area contributed by atoms with Crippen molar-refractivity contribution in [1.82, 2.24) is 36.0 Å². The molecule has 1 fully saturated rings. The monoisotopic (exact) mass is 731 g/mol. The summed E-state index contributed by atoms with van der Waals surface area (Å²) in [6.45, 7) is 1.93. The Morgan fingerprint density at radius 2 is 1.76 bits per heavy atom. The van der Waals surface area contributed by atoms with E-state index >= 15 is 0 Å². The number of aliphatic carboxylic acids is 1. The van der Waals surface area contributed by atoms with Crippen LogP contribution in [-0.4, -0.2) is 89.9 Å². The van der Waals surface area contributed by atoms with E-state index < -0.39 is 52.6 Å². The molecule has 2 aliphatic rings. The molecular weight excluding hydrogens is 703 g/mol. The minimum Gasteiger partial charge on any atom is -0.508 e. The van der Waals surface area contributed by atoms with Crippen LogP contribution in [0.4, 0.5) is 0 Å². The van der Waals surface area contributed by atoms with Gasteiger partial charge in [0.05, 0.1) is 0 Å². The maximum absolute atomic E-state index is 13.7. The first-order valence-electron chi connectivity index (χ1n) is 15.2. The number of pyridine rings is 1. The van der Waals surface area contributed by atoms with Gasteiger partial charge >= 0.3 is 17.8 Å². The normalized spacial score (nSPS) is 17.2. The van der Waals surface area contributed by atoms with Gasteiger partial charge in [-0.25, -0.2) is 4.79 Å². The Morgan fingerprint density at radius 3 is 2.43 bits per heavy atom. The molecular formula is C33H29N7O9S2. The van der Waals surface area contributed by atoms with Gasteiger partial charge in [-0.2, -0.15) is 0 Å². The van der Waals surface area contributed by atoms with Crippen molar-refractivity contribution in [1.29, 1.82) is 0 Å². The summed E-state index contributed by atoms with van der Waals surface area (Å²) in [5.74, 6) is -4.37. The lowest BCUT2D eigenvalue weighted by Crippen LogP contribution is -2.71. The first-order chi connectivity index (χ1) is 24.4. The average molecular weight is 732 g/mol. The average Bonchev–Trinajstić information content (AvgIpc) is 3.60. The lowest BCUT2D eigenvalue weighted by molar-refractivity contribution is -0.151. The van der Waals surface area contributed by atoms with Crippen LogP contribution >= 0.6 is 23.5 Å². The van der Waals surface area contributed by atoms with E-state index in [-0.39, 0.29) is 45.2 Å². The molecule has 0 radical (unpaired) electrons. The quantitative estimate of drug-likeness (QED) is 0.0955. The van der Waals surface area contributed by atoms with Crippen LogP contribution < -0.4 is 21.5 Å². The number of amides is 4. The van der Waals surface area contributed by atoms with Crippen molar-refractivity contribution >= 4 is 53.1 Å². The fourth-order valence-electron chi connectivity index (χ4n) is 5.38. The maximum atomic E-state index is 13.7. The van der Waals surface area contributed by atoms with Gasteiger partial charge in [-0.3, -0.25) is 28.9 Å². The lowest BCUT2D eigenvalue weighted by atomic mass is 10.0. The van der Waals surface area contributed by atoms with Crippen molar-refractivity contribution in [2.75, 3.05) is 18.6 Å². The highest BCUT2D eigenvalue weighted by molar-refractivity contribution is 8.01.